The van der Waals surface area contributed by atoms with Gasteiger partial charge in [0.25, 0.3) is 15.9 Å². The van der Waals surface area contributed by atoms with Gasteiger partial charge in [-0.25, -0.2) is 13.6 Å². The number of sulfonamides is 1. The summed E-state index contributed by atoms with van der Waals surface area (Å²) >= 11 is 11.8. The van der Waals surface area contributed by atoms with Crippen LogP contribution >= 0.6 is 23.2 Å². The highest BCUT2D eigenvalue weighted by molar-refractivity contribution is 7.89. The number of halogens is 2. The monoisotopic (exact) mass is 334 g/mol. The summed E-state index contributed by atoms with van der Waals surface area (Å²) in [6.07, 6.45) is 0. The maximum absolute atomic E-state index is 11.9. The van der Waals surface area contributed by atoms with E-state index in [1.807, 2.05) is 0 Å². The van der Waals surface area contributed by atoms with Crippen LogP contribution in [-0.2, 0) is 10.0 Å². The Hall–Kier alpha value is -1.54. The van der Waals surface area contributed by atoms with Gasteiger partial charge in [-0.1, -0.05) is 29.3 Å². The molecular formula is C11H8Cl2N2O4S. The molecule has 0 fully saturated rings. The fourth-order valence-corrected chi connectivity index (χ4v) is 2.34. The summed E-state index contributed by atoms with van der Waals surface area (Å²) in [4.78, 5) is 11.9. The third-order valence-corrected chi connectivity index (χ3v) is 3.70. The number of hydrogen-bond donors (Lipinski definition) is 2. The van der Waals surface area contributed by atoms with E-state index in [-0.39, 0.29) is 21.5 Å². The average Bonchev–Trinajstić information content (AvgIpc) is 2.83. The minimum Gasteiger partial charge on any atom is -0.438 e. The summed E-state index contributed by atoms with van der Waals surface area (Å²) in [6, 6.07) is 6.96. The summed E-state index contributed by atoms with van der Waals surface area (Å²) in [5.74, 6) is -0.931. The topological polar surface area (TPSA) is 102 Å². The molecule has 106 valence electrons. The highest BCUT2D eigenvalue weighted by Gasteiger charge is 2.19. The number of carbonyl (C=O) groups excluding carboxylic acids is 1. The fraction of sp³-hybridized carbons (Fsp3) is 0. The summed E-state index contributed by atoms with van der Waals surface area (Å²) in [5.41, 5.74) is 0.203. The van der Waals surface area contributed by atoms with Gasteiger partial charge in [-0.05, 0) is 24.3 Å². The van der Waals surface area contributed by atoms with E-state index in [0.29, 0.717) is 0 Å². The third kappa shape index (κ3) is 3.13. The highest BCUT2D eigenvalue weighted by Crippen LogP contribution is 2.30. The van der Waals surface area contributed by atoms with Crippen LogP contribution in [0.3, 0.4) is 0 Å². The van der Waals surface area contributed by atoms with Gasteiger partial charge in [-0.15, -0.1) is 0 Å². The first-order valence-electron chi connectivity index (χ1n) is 5.17. The van der Waals surface area contributed by atoms with Gasteiger partial charge >= 0.3 is 0 Å². The summed E-state index contributed by atoms with van der Waals surface area (Å²) in [7, 11) is -4.00. The van der Waals surface area contributed by atoms with Crippen molar-refractivity contribution in [1.29, 1.82) is 0 Å². The average molecular weight is 335 g/mol. The number of para-hydroxylation sites is 1. The van der Waals surface area contributed by atoms with Crippen LogP contribution in [0.1, 0.15) is 10.6 Å². The van der Waals surface area contributed by atoms with Crippen LogP contribution in [0.5, 0.6) is 0 Å². The SMILES string of the molecule is NS(=O)(=O)c1ccc(C(=O)Nc2c(Cl)cccc2Cl)o1. The predicted molar refractivity (Wildman–Crippen MR) is 74.5 cm³/mol. The molecule has 1 aromatic heterocycles. The number of furan rings is 1. The molecular weight excluding hydrogens is 327 g/mol. The molecule has 9 heteroatoms. The lowest BCUT2D eigenvalue weighted by Crippen LogP contribution is -2.13. The van der Waals surface area contributed by atoms with Crippen LogP contribution in [0.4, 0.5) is 5.69 Å². The maximum atomic E-state index is 11.9. The van der Waals surface area contributed by atoms with Crippen molar-refractivity contribution in [2.75, 3.05) is 5.32 Å². The first-order valence-corrected chi connectivity index (χ1v) is 7.47. The largest absolute Gasteiger partial charge is 0.438 e. The molecule has 6 nitrogen and oxygen atoms in total. The van der Waals surface area contributed by atoms with E-state index in [9.17, 15) is 13.2 Å². The lowest BCUT2D eigenvalue weighted by molar-refractivity contribution is 0.0991. The van der Waals surface area contributed by atoms with Crippen molar-refractivity contribution in [2.45, 2.75) is 5.09 Å². The van der Waals surface area contributed by atoms with E-state index in [1.54, 1.807) is 18.2 Å². The Bertz CT molecular complexity index is 750. The van der Waals surface area contributed by atoms with E-state index in [0.717, 1.165) is 6.07 Å². The Morgan fingerprint density at radius 2 is 1.75 bits per heavy atom. The van der Waals surface area contributed by atoms with E-state index >= 15 is 0 Å². The second kappa shape index (κ2) is 5.45. The molecule has 0 bridgehead atoms. The van der Waals surface area contributed by atoms with Crippen LogP contribution < -0.4 is 10.5 Å². The minimum atomic E-state index is -4.00. The molecule has 1 amide bonds. The Labute approximate surface area is 124 Å². The van der Waals surface area contributed by atoms with Gasteiger partial charge < -0.3 is 9.73 Å². The van der Waals surface area contributed by atoms with E-state index < -0.39 is 21.0 Å². The Balaban J connectivity index is 2.27. The van der Waals surface area contributed by atoms with Gasteiger partial charge in [0.05, 0.1) is 15.7 Å². The molecule has 2 rings (SSSR count). The zero-order chi connectivity index (χ0) is 14.9. The standard InChI is InChI=1S/C11H8Cl2N2O4S/c12-6-2-1-3-7(13)10(6)15-11(16)8-4-5-9(19-8)20(14,17)18/h1-5H,(H,15,16)(H2,14,17,18). The van der Waals surface area contributed by atoms with Crippen LogP contribution in [0.2, 0.25) is 10.0 Å². The number of amides is 1. The number of hydrogen-bond acceptors (Lipinski definition) is 4. The van der Waals surface area contributed by atoms with Gasteiger partial charge in [0, 0.05) is 0 Å². The van der Waals surface area contributed by atoms with Crippen LogP contribution in [-0.4, -0.2) is 14.3 Å². The Kier molecular flexibility index (Phi) is 4.05. The number of anilines is 1. The Morgan fingerprint density at radius 3 is 2.25 bits per heavy atom. The summed E-state index contributed by atoms with van der Waals surface area (Å²) in [5, 5.41) is 7.28. The number of nitrogens with one attached hydrogen (secondary N) is 1. The summed E-state index contributed by atoms with van der Waals surface area (Å²) < 4.78 is 26.9. The summed E-state index contributed by atoms with van der Waals surface area (Å²) in [6.45, 7) is 0. The molecule has 0 aliphatic heterocycles. The molecule has 0 spiro atoms. The van der Waals surface area contributed by atoms with E-state index in [4.69, 9.17) is 32.8 Å². The smallest absolute Gasteiger partial charge is 0.291 e. The van der Waals surface area contributed by atoms with Crippen molar-refractivity contribution in [1.82, 2.24) is 0 Å². The zero-order valence-corrected chi connectivity index (χ0v) is 12.1. The number of nitrogens with two attached hydrogens (primary N) is 1. The highest BCUT2D eigenvalue weighted by atomic mass is 35.5. The maximum Gasteiger partial charge on any atom is 0.291 e. The lowest BCUT2D eigenvalue weighted by Gasteiger charge is -2.07. The van der Waals surface area contributed by atoms with Crippen molar-refractivity contribution < 1.29 is 17.6 Å². The first-order chi connectivity index (χ1) is 9.29. The minimum absolute atomic E-state index is 0.203. The second-order valence-corrected chi connectivity index (χ2v) is 6.02. The quantitative estimate of drug-likeness (QED) is 0.899. The van der Waals surface area contributed by atoms with Gasteiger partial charge in [-0.3, -0.25) is 4.79 Å². The predicted octanol–water partition coefficient (Wildman–Crippen LogP) is 2.49. The lowest BCUT2D eigenvalue weighted by atomic mass is 10.3. The third-order valence-electron chi connectivity index (χ3n) is 2.29. The number of benzene rings is 1. The Morgan fingerprint density at radius 1 is 1.15 bits per heavy atom. The second-order valence-electron chi connectivity index (χ2n) is 3.71. The van der Waals surface area contributed by atoms with Crippen molar-refractivity contribution in [3.05, 3.63) is 46.1 Å². The molecule has 20 heavy (non-hydrogen) atoms. The zero-order valence-electron chi connectivity index (χ0n) is 9.76. The van der Waals surface area contributed by atoms with Crippen molar-refractivity contribution in [3.8, 4) is 0 Å². The molecule has 0 aliphatic carbocycles. The molecule has 0 saturated heterocycles. The van der Waals surface area contributed by atoms with Gasteiger partial charge in [-0.2, -0.15) is 0 Å². The van der Waals surface area contributed by atoms with Crippen LogP contribution in [0.15, 0.2) is 39.8 Å². The van der Waals surface area contributed by atoms with Gasteiger partial charge in [0.1, 0.15) is 0 Å². The fourth-order valence-electron chi connectivity index (χ4n) is 1.39. The number of carbonyl (C=O) groups is 1. The number of primary sulfonamides is 1. The first kappa shape index (κ1) is 14.9. The van der Waals surface area contributed by atoms with E-state index in [1.165, 1.54) is 6.07 Å². The molecule has 3 N–H and O–H groups in total. The van der Waals surface area contributed by atoms with Gasteiger partial charge in [0.15, 0.2) is 5.76 Å². The van der Waals surface area contributed by atoms with Crippen LogP contribution in [0, 0.1) is 0 Å². The molecule has 0 unspecified atom stereocenters. The molecule has 0 atom stereocenters. The number of rotatable bonds is 3. The normalized spacial score (nSPS) is 11.3. The van der Waals surface area contributed by atoms with Crippen molar-refractivity contribution >= 4 is 44.8 Å². The molecule has 0 aliphatic rings. The van der Waals surface area contributed by atoms with Gasteiger partial charge in [0.2, 0.25) is 5.09 Å². The molecule has 0 saturated carbocycles. The molecule has 1 aromatic carbocycles. The van der Waals surface area contributed by atoms with Crippen molar-refractivity contribution in [3.63, 3.8) is 0 Å². The van der Waals surface area contributed by atoms with E-state index in [2.05, 4.69) is 5.32 Å². The molecule has 2 aromatic rings. The van der Waals surface area contributed by atoms with Crippen molar-refractivity contribution in [2.24, 2.45) is 5.14 Å². The molecule has 1 heterocycles. The molecule has 0 radical (unpaired) electrons. The van der Waals surface area contributed by atoms with Crippen LogP contribution in [0.25, 0.3) is 0 Å².